The molecule has 0 bridgehead atoms. The van der Waals surface area contributed by atoms with Gasteiger partial charge in [0.2, 0.25) is 5.78 Å². The number of carbonyl (C=O) groups is 2. The van der Waals surface area contributed by atoms with Gasteiger partial charge >= 0.3 is 0 Å². The lowest BCUT2D eigenvalue weighted by atomic mass is 9.75. The molecule has 2 aliphatic rings. The van der Waals surface area contributed by atoms with E-state index in [-0.39, 0.29) is 11.5 Å². The van der Waals surface area contributed by atoms with Gasteiger partial charge in [-0.15, -0.1) is 0 Å². The minimum Gasteiger partial charge on any atom is -0.497 e. The van der Waals surface area contributed by atoms with E-state index >= 15 is 0 Å². The topological polar surface area (TPSA) is 99.4 Å². The molecule has 2 aliphatic heterocycles. The van der Waals surface area contributed by atoms with E-state index in [9.17, 15) is 9.59 Å². The molecule has 0 saturated heterocycles. The van der Waals surface area contributed by atoms with Gasteiger partial charge in [-0.2, -0.15) is 0 Å². The lowest BCUT2D eigenvalue weighted by molar-refractivity contribution is -0.140. The molecule has 0 radical (unpaired) electrons. The van der Waals surface area contributed by atoms with E-state index in [4.69, 9.17) is 18.7 Å². The van der Waals surface area contributed by atoms with Gasteiger partial charge in [-0.05, 0) is 36.4 Å². The molecule has 0 saturated carbocycles. The Morgan fingerprint density at radius 2 is 1.94 bits per heavy atom. The van der Waals surface area contributed by atoms with Gasteiger partial charge in [0.05, 0.1) is 20.5 Å². The summed E-state index contributed by atoms with van der Waals surface area (Å²) in [5, 5.41) is 7.05. The summed E-state index contributed by atoms with van der Waals surface area (Å²) in [7, 11) is 3.05. The number of hydrogen-bond donors (Lipinski definition) is 1. The number of furan rings is 1. The molecular weight excluding hydrogens is 400 g/mol. The Morgan fingerprint density at radius 1 is 1.10 bits per heavy atom. The number of ether oxygens (including phenoxy) is 2. The summed E-state index contributed by atoms with van der Waals surface area (Å²) in [4.78, 5) is 32.7. The maximum Gasteiger partial charge on any atom is 0.277 e. The average molecular weight is 418 g/mol. The van der Waals surface area contributed by atoms with Crippen molar-refractivity contribution in [3.63, 3.8) is 0 Å². The third-order valence-electron chi connectivity index (χ3n) is 5.59. The highest BCUT2D eigenvalue weighted by Gasteiger charge is 2.64. The van der Waals surface area contributed by atoms with E-state index in [0.717, 1.165) is 0 Å². The number of benzene rings is 2. The fourth-order valence-corrected chi connectivity index (χ4v) is 4.14. The van der Waals surface area contributed by atoms with Gasteiger partial charge in [-0.3, -0.25) is 9.59 Å². The molecule has 1 amide bonds. The lowest BCUT2D eigenvalue weighted by Crippen LogP contribution is -2.46. The minimum atomic E-state index is -1.66. The van der Waals surface area contributed by atoms with Crippen LogP contribution < -0.4 is 14.8 Å². The first kappa shape index (κ1) is 18.9. The van der Waals surface area contributed by atoms with Gasteiger partial charge in [0.25, 0.3) is 11.5 Å². The third kappa shape index (κ3) is 2.64. The van der Waals surface area contributed by atoms with E-state index in [0.29, 0.717) is 28.3 Å². The van der Waals surface area contributed by atoms with Crippen LogP contribution in [0.5, 0.6) is 11.5 Å². The third-order valence-corrected chi connectivity index (χ3v) is 5.59. The molecule has 1 spiro atoms. The number of anilines is 1. The number of oxime groups is 1. The normalized spacial score (nSPS) is 21.3. The van der Waals surface area contributed by atoms with Crippen LogP contribution in [0, 0.1) is 5.92 Å². The molecule has 0 fully saturated rings. The number of amides is 1. The van der Waals surface area contributed by atoms with Crippen molar-refractivity contribution in [3.8, 4) is 11.5 Å². The maximum atomic E-state index is 13.7. The number of fused-ring (bicyclic) bond motifs is 2. The van der Waals surface area contributed by atoms with Crippen LogP contribution in [0.2, 0.25) is 0 Å². The molecule has 1 N–H and O–H groups in total. The van der Waals surface area contributed by atoms with Gasteiger partial charge in [-0.25, -0.2) is 0 Å². The van der Waals surface area contributed by atoms with Crippen LogP contribution in [-0.4, -0.2) is 31.6 Å². The van der Waals surface area contributed by atoms with Crippen molar-refractivity contribution >= 4 is 23.1 Å². The molecule has 1 aromatic heterocycles. The predicted molar refractivity (Wildman–Crippen MR) is 110 cm³/mol. The van der Waals surface area contributed by atoms with Crippen LogP contribution in [0.1, 0.15) is 21.7 Å². The average Bonchev–Trinajstić information content (AvgIpc) is 3.53. The highest BCUT2D eigenvalue weighted by molar-refractivity contribution is 6.25. The number of hydrogen-bond acceptors (Lipinski definition) is 7. The number of rotatable bonds is 5. The summed E-state index contributed by atoms with van der Waals surface area (Å²) in [6, 6.07) is 15.4. The number of carbonyl (C=O) groups excluding carboxylic acids is 2. The van der Waals surface area contributed by atoms with Crippen LogP contribution in [0.15, 0.2) is 70.4 Å². The van der Waals surface area contributed by atoms with E-state index in [2.05, 4.69) is 10.5 Å². The molecule has 156 valence electrons. The highest BCUT2D eigenvalue weighted by Crippen LogP contribution is 2.50. The van der Waals surface area contributed by atoms with Crippen LogP contribution in [0.25, 0.3) is 0 Å². The molecule has 8 nitrogen and oxygen atoms in total. The van der Waals surface area contributed by atoms with E-state index in [1.807, 2.05) is 0 Å². The van der Waals surface area contributed by atoms with Crippen molar-refractivity contribution in [1.82, 2.24) is 0 Å². The first-order chi connectivity index (χ1) is 15.1. The minimum absolute atomic E-state index is 0.0987. The Hall–Kier alpha value is -4.07. The summed E-state index contributed by atoms with van der Waals surface area (Å²) in [6.07, 6.45) is 1.40. The molecule has 2 aromatic carbocycles. The second-order valence-corrected chi connectivity index (χ2v) is 7.14. The Labute approximate surface area is 177 Å². The number of para-hydroxylation sites is 1. The van der Waals surface area contributed by atoms with Crippen molar-refractivity contribution in [3.05, 3.63) is 77.7 Å². The van der Waals surface area contributed by atoms with Gasteiger partial charge in [0, 0.05) is 16.8 Å². The summed E-state index contributed by atoms with van der Waals surface area (Å²) in [6.45, 7) is 0. The van der Waals surface area contributed by atoms with Crippen molar-refractivity contribution in [2.45, 2.75) is 5.60 Å². The summed E-state index contributed by atoms with van der Waals surface area (Å²) < 4.78 is 16.2. The van der Waals surface area contributed by atoms with Crippen molar-refractivity contribution in [2.24, 2.45) is 11.1 Å². The quantitative estimate of drug-likeness (QED) is 0.638. The van der Waals surface area contributed by atoms with Crippen molar-refractivity contribution in [1.29, 1.82) is 0 Å². The molecule has 0 aliphatic carbocycles. The molecular formula is C23H18N2O6. The Kier molecular flexibility index (Phi) is 4.28. The van der Waals surface area contributed by atoms with E-state index in [1.54, 1.807) is 54.6 Å². The highest BCUT2D eigenvalue weighted by atomic mass is 16.7. The van der Waals surface area contributed by atoms with Crippen LogP contribution in [-0.2, 0) is 15.2 Å². The van der Waals surface area contributed by atoms with Crippen molar-refractivity contribution in [2.75, 3.05) is 19.5 Å². The first-order valence-electron chi connectivity index (χ1n) is 9.57. The summed E-state index contributed by atoms with van der Waals surface area (Å²) >= 11 is 0. The summed E-state index contributed by atoms with van der Waals surface area (Å²) in [5.74, 6) is -0.911. The number of nitrogens with one attached hydrogen (secondary N) is 1. The summed E-state index contributed by atoms with van der Waals surface area (Å²) in [5.41, 5.74) is 0.179. The molecule has 2 atom stereocenters. The number of ketones is 1. The molecule has 3 heterocycles. The Balaban J connectivity index is 1.73. The monoisotopic (exact) mass is 418 g/mol. The molecule has 8 heteroatoms. The maximum absolute atomic E-state index is 13.7. The zero-order valence-corrected chi connectivity index (χ0v) is 16.7. The fraction of sp³-hybridized carbons (Fsp3) is 0.174. The molecule has 0 unspecified atom stereocenters. The Morgan fingerprint density at radius 3 is 2.68 bits per heavy atom. The van der Waals surface area contributed by atoms with Crippen LogP contribution in [0.4, 0.5) is 5.69 Å². The molecule has 31 heavy (non-hydrogen) atoms. The van der Waals surface area contributed by atoms with E-state index < -0.39 is 23.2 Å². The number of methoxy groups -OCH3 is 2. The fourth-order valence-electron chi connectivity index (χ4n) is 4.14. The SMILES string of the molecule is COc1ccc(OC)c(C2=NO[C@]3(C(=O)Nc4ccccc43)[C@@H]2C(=O)c2ccco2)c1. The standard InChI is InChI=1S/C23H18N2O6/c1-28-13-9-10-17(29-2)14(12-13)20-19(21(26)18-8-5-11-30-18)23(31-25-20)15-6-3-4-7-16(15)24-22(23)27/h3-12,19H,1-2H3,(H,24,27)/t19-,23-/m0/s1. The molecule has 5 rings (SSSR count). The largest absolute Gasteiger partial charge is 0.497 e. The van der Waals surface area contributed by atoms with Gasteiger partial charge in [0.15, 0.2) is 5.76 Å². The predicted octanol–water partition coefficient (Wildman–Crippen LogP) is 3.38. The van der Waals surface area contributed by atoms with E-state index in [1.165, 1.54) is 20.5 Å². The lowest BCUT2D eigenvalue weighted by Gasteiger charge is -2.26. The van der Waals surface area contributed by atoms with Gasteiger partial charge < -0.3 is 24.0 Å². The molecule has 3 aromatic rings. The van der Waals surface area contributed by atoms with Crippen LogP contribution >= 0.6 is 0 Å². The zero-order chi connectivity index (χ0) is 21.6. The second-order valence-electron chi connectivity index (χ2n) is 7.14. The Bertz CT molecular complexity index is 1220. The van der Waals surface area contributed by atoms with Crippen LogP contribution in [0.3, 0.4) is 0 Å². The second kappa shape index (κ2) is 7.02. The zero-order valence-electron chi connectivity index (χ0n) is 16.7. The number of nitrogens with zero attached hydrogens (tertiary/aromatic N) is 1. The van der Waals surface area contributed by atoms with Crippen molar-refractivity contribution < 1.29 is 28.3 Å². The van der Waals surface area contributed by atoms with Gasteiger partial charge in [-0.1, -0.05) is 23.4 Å². The van der Waals surface area contributed by atoms with Gasteiger partial charge in [0.1, 0.15) is 23.1 Å². The first-order valence-corrected chi connectivity index (χ1v) is 9.57. The number of Topliss-reactive ketones (excluding diaryl/α,β-unsaturated/α-hetero) is 1. The smallest absolute Gasteiger partial charge is 0.277 e.